The van der Waals surface area contributed by atoms with E-state index in [1.54, 1.807) is 0 Å². The molecule has 0 heterocycles. The summed E-state index contributed by atoms with van der Waals surface area (Å²) in [5.41, 5.74) is 0. The van der Waals surface area contributed by atoms with Gasteiger partial charge in [0.25, 0.3) is 0 Å². The van der Waals surface area contributed by atoms with Gasteiger partial charge in [-0.1, -0.05) is 113 Å². The molecular formula is C26H50BrFO2. The molecule has 180 valence electrons. The van der Waals surface area contributed by atoms with E-state index in [1.165, 1.54) is 83.5 Å². The van der Waals surface area contributed by atoms with Crippen molar-refractivity contribution in [3.05, 3.63) is 0 Å². The molecule has 0 aliphatic rings. The van der Waals surface area contributed by atoms with Crippen molar-refractivity contribution in [3.8, 4) is 0 Å². The molecule has 1 atom stereocenters. The number of ether oxygens (including phenoxy) is 1. The highest BCUT2D eigenvalue weighted by molar-refractivity contribution is 9.09. The molecule has 0 spiro atoms. The van der Waals surface area contributed by atoms with Crippen molar-refractivity contribution in [3.63, 3.8) is 0 Å². The van der Waals surface area contributed by atoms with E-state index in [4.69, 9.17) is 4.74 Å². The van der Waals surface area contributed by atoms with Crippen LogP contribution in [0.1, 0.15) is 135 Å². The van der Waals surface area contributed by atoms with Gasteiger partial charge >= 0.3 is 5.97 Å². The molecule has 4 heteroatoms. The summed E-state index contributed by atoms with van der Waals surface area (Å²) in [7, 11) is 0. The highest BCUT2D eigenvalue weighted by Gasteiger charge is 2.12. The fraction of sp³-hybridized carbons (Fsp3) is 0.962. The van der Waals surface area contributed by atoms with Gasteiger partial charge < -0.3 is 4.74 Å². The molecule has 0 aliphatic heterocycles. The van der Waals surface area contributed by atoms with Gasteiger partial charge in [-0.2, -0.15) is 0 Å². The van der Waals surface area contributed by atoms with Crippen LogP contribution in [0.25, 0.3) is 0 Å². The monoisotopic (exact) mass is 492 g/mol. The minimum Gasteiger partial charge on any atom is -0.465 e. The van der Waals surface area contributed by atoms with Crippen molar-refractivity contribution in [2.75, 3.05) is 18.6 Å². The molecule has 0 saturated heterocycles. The van der Waals surface area contributed by atoms with E-state index < -0.39 is 0 Å². The second kappa shape index (κ2) is 25.1. The first-order valence-electron chi connectivity index (χ1n) is 13.0. The SMILES string of the molecule is CCCCCCCCC(CCCCCCCCF)COC(=O)CCCCCCCBr. The Bertz CT molecular complexity index is 352. The maximum Gasteiger partial charge on any atom is 0.305 e. The van der Waals surface area contributed by atoms with Crippen LogP contribution in [0.4, 0.5) is 4.39 Å². The Kier molecular flexibility index (Phi) is 25.0. The fourth-order valence-corrected chi connectivity index (χ4v) is 4.33. The average Bonchev–Trinajstić information content (AvgIpc) is 2.75. The number of carbonyl (C=O) groups is 1. The van der Waals surface area contributed by atoms with Crippen LogP contribution in [0, 0.1) is 5.92 Å². The first-order valence-corrected chi connectivity index (χ1v) is 14.1. The third-order valence-electron chi connectivity index (χ3n) is 5.96. The Labute approximate surface area is 195 Å². The second-order valence-electron chi connectivity index (χ2n) is 8.91. The van der Waals surface area contributed by atoms with Crippen LogP contribution in [0.5, 0.6) is 0 Å². The predicted molar refractivity (Wildman–Crippen MR) is 132 cm³/mol. The number of hydrogen-bond donors (Lipinski definition) is 0. The zero-order valence-electron chi connectivity index (χ0n) is 19.9. The van der Waals surface area contributed by atoms with Crippen LogP contribution < -0.4 is 0 Å². The van der Waals surface area contributed by atoms with Crippen molar-refractivity contribution in [1.29, 1.82) is 0 Å². The highest BCUT2D eigenvalue weighted by atomic mass is 79.9. The minimum absolute atomic E-state index is 0.00494. The third kappa shape index (κ3) is 22.6. The summed E-state index contributed by atoms with van der Waals surface area (Å²) in [6.45, 7) is 2.69. The molecule has 0 radical (unpaired) electrons. The van der Waals surface area contributed by atoms with Gasteiger partial charge in [0.05, 0.1) is 13.3 Å². The van der Waals surface area contributed by atoms with Gasteiger partial charge in [-0.15, -0.1) is 0 Å². The third-order valence-corrected chi connectivity index (χ3v) is 6.52. The number of rotatable bonds is 24. The van der Waals surface area contributed by atoms with E-state index in [9.17, 15) is 9.18 Å². The van der Waals surface area contributed by atoms with Crippen LogP contribution in [0.3, 0.4) is 0 Å². The van der Waals surface area contributed by atoms with E-state index in [1.807, 2.05) is 0 Å². The number of halogens is 2. The number of carbonyl (C=O) groups excluding carboxylic acids is 1. The number of hydrogen-bond acceptors (Lipinski definition) is 2. The summed E-state index contributed by atoms with van der Waals surface area (Å²) in [5.74, 6) is 0.513. The summed E-state index contributed by atoms with van der Waals surface area (Å²) in [6.07, 6.45) is 23.1. The molecule has 2 nitrogen and oxygen atoms in total. The Balaban J connectivity index is 3.97. The molecule has 1 unspecified atom stereocenters. The summed E-state index contributed by atoms with van der Waals surface area (Å²) in [5, 5.41) is 1.08. The second-order valence-corrected chi connectivity index (χ2v) is 9.70. The van der Waals surface area contributed by atoms with Crippen molar-refractivity contribution in [1.82, 2.24) is 0 Å². The molecule has 0 rings (SSSR count). The van der Waals surface area contributed by atoms with Gasteiger partial charge in [-0.3, -0.25) is 9.18 Å². The number of alkyl halides is 2. The summed E-state index contributed by atoms with van der Waals surface area (Å²) < 4.78 is 17.8. The molecule has 0 aromatic carbocycles. The van der Waals surface area contributed by atoms with Crippen molar-refractivity contribution < 1.29 is 13.9 Å². The number of unbranched alkanes of at least 4 members (excludes halogenated alkanes) is 14. The fourth-order valence-electron chi connectivity index (χ4n) is 3.94. The smallest absolute Gasteiger partial charge is 0.305 e. The largest absolute Gasteiger partial charge is 0.465 e. The zero-order chi connectivity index (χ0) is 22.1. The van der Waals surface area contributed by atoms with E-state index in [-0.39, 0.29) is 12.6 Å². The van der Waals surface area contributed by atoms with Gasteiger partial charge in [0.2, 0.25) is 0 Å². The Morgan fingerprint density at radius 3 is 1.80 bits per heavy atom. The quantitative estimate of drug-likeness (QED) is 0.0761. The van der Waals surface area contributed by atoms with Gasteiger partial charge in [-0.25, -0.2) is 0 Å². The molecule has 0 fully saturated rings. The molecule has 30 heavy (non-hydrogen) atoms. The molecule has 0 amide bonds. The van der Waals surface area contributed by atoms with E-state index in [2.05, 4.69) is 22.9 Å². The average molecular weight is 494 g/mol. The van der Waals surface area contributed by atoms with Gasteiger partial charge in [0.15, 0.2) is 0 Å². The van der Waals surface area contributed by atoms with Gasteiger partial charge in [0, 0.05) is 11.8 Å². The molecule has 0 aliphatic carbocycles. The Morgan fingerprint density at radius 2 is 1.23 bits per heavy atom. The highest BCUT2D eigenvalue weighted by Crippen LogP contribution is 2.20. The van der Waals surface area contributed by atoms with E-state index in [0.29, 0.717) is 25.4 Å². The number of esters is 1. The summed E-state index contributed by atoms with van der Waals surface area (Å²) >= 11 is 3.46. The van der Waals surface area contributed by atoms with Crippen LogP contribution in [-0.2, 0) is 9.53 Å². The molecule has 0 saturated carbocycles. The zero-order valence-corrected chi connectivity index (χ0v) is 21.5. The minimum atomic E-state index is -0.178. The first-order chi connectivity index (χ1) is 14.7. The van der Waals surface area contributed by atoms with Crippen LogP contribution >= 0.6 is 15.9 Å². The maximum atomic E-state index is 12.1. The van der Waals surface area contributed by atoms with Crippen LogP contribution in [-0.4, -0.2) is 24.6 Å². The van der Waals surface area contributed by atoms with E-state index in [0.717, 1.165) is 37.4 Å². The maximum absolute atomic E-state index is 12.1. The van der Waals surface area contributed by atoms with E-state index >= 15 is 0 Å². The first kappa shape index (κ1) is 29.9. The lowest BCUT2D eigenvalue weighted by Crippen LogP contribution is -2.14. The molecule has 0 bridgehead atoms. The van der Waals surface area contributed by atoms with Crippen molar-refractivity contribution in [2.24, 2.45) is 5.92 Å². The molecule has 0 N–H and O–H groups in total. The topological polar surface area (TPSA) is 26.3 Å². The summed E-state index contributed by atoms with van der Waals surface area (Å²) in [6, 6.07) is 0. The standard InChI is InChI=1S/C26H50BrFO2/c1-2-3-4-5-9-14-19-25(20-15-10-6-7-13-18-23-28)24-30-26(29)21-16-11-8-12-17-22-27/h25H,2-24H2,1H3. The van der Waals surface area contributed by atoms with Gasteiger partial charge in [0.1, 0.15) is 0 Å². The van der Waals surface area contributed by atoms with Gasteiger partial charge in [-0.05, 0) is 38.0 Å². The molecule has 0 aromatic heterocycles. The van der Waals surface area contributed by atoms with Crippen molar-refractivity contribution >= 4 is 21.9 Å². The molecule has 0 aromatic rings. The van der Waals surface area contributed by atoms with Crippen molar-refractivity contribution in [2.45, 2.75) is 135 Å². The summed E-state index contributed by atoms with van der Waals surface area (Å²) in [4.78, 5) is 12.1. The lowest BCUT2D eigenvalue weighted by atomic mass is 9.94. The lowest BCUT2D eigenvalue weighted by molar-refractivity contribution is -0.145. The normalized spacial score (nSPS) is 12.2. The lowest BCUT2D eigenvalue weighted by Gasteiger charge is -2.17. The Morgan fingerprint density at radius 1 is 0.733 bits per heavy atom. The predicted octanol–water partition coefficient (Wildman–Crippen LogP) is 9.33. The van der Waals surface area contributed by atoms with Crippen LogP contribution in [0.2, 0.25) is 0 Å². The van der Waals surface area contributed by atoms with Crippen LogP contribution in [0.15, 0.2) is 0 Å². The molecular weight excluding hydrogens is 443 g/mol. The Hall–Kier alpha value is -0.120.